The molecule has 0 aliphatic rings. The molecule has 0 saturated carbocycles. The normalized spacial score (nSPS) is 11.0. The van der Waals surface area contributed by atoms with Crippen LogP contribution in [0.2, 0.25) is 8.67 Å². The third-order valence-electron chi connectivity index (χ3n) is 1.97. The van der Waals surface area contributed by atoms with Crippen LogP contribution in [0.5, 0.6) is 0 Å². The van der Waals surface area contributed by atoms with Gasteiger partial charge in [-0.05, 0) is 18.3 Å². The number of thiocarbonyl (C=S) groups is 1. The van der Waals surface area contributed by atoms with Gasteiger partial charge in [0.05, 0.1) is 22.4 Å². The molecule has 4 N–H and O–H groups in total. The molecule has 0 aliphatic heterocycles. The Morgan fingerprint density at radius 2 is 2.39 bits per heavy atom. The van der Waals surface area contributed by atoms with E-state index in [9.17, 15) is 0 Å². The lowest BCUT2D eigenvalue weighted by Gasteiger charge is -1.97. The molecule has 0 amide bonds. The van der Waals surface area contributed by atoms with Gasteiger partial charge >= 0.3 is 0 Å². The van der Waals surface area contributed by atoms with E-state index in [2.05, 4.69) is 32.9 Å². The number of hydrazone groups is 1. The zero-order chi connectivity index (χ0) is 13.1. The number of thiophene rings is 1. The van der Waals surface area contributed by atoms with E-state index >= 15 is 0 Å². The number of halogens is 2. The number of rotatable bonds is 3. The average Bonchev–Trinajstić information content (AvgIpc) is 2.84. The van der Waals surface area contributed by atoms with E-state index in [1.165, 1.54) is 11.3 Å². The molecule has 2 heterocycles. The number of nitrogens with zero attached hydrogens (tertiary/aromatic N) is 2. The number of hydrogen-bond donors (Lipinski definition) is 3. The van der Waals surface area contributed by atoms with Crippen LogP contribution in [0.25, 0.3) is 11.3 Å². The molecule has 9 heteroatoms. The third kappa shape index (κ3) is 2.99. The Balaban J connectivity index is 2.30. The second-order valence-corrected chi connectivity index (χ2v) is 5.90. The van der Waals surface area contributed by atoms with Crippen molar-refractivity contribution in [3.63, 3.8) is 0 Å². The molecule has 0 aliphatic carbocycles. The van der Waals surface area contributed by atoms with Crippen LogP contribution in [-0.4, -0.2) is 21.5 Å². The van der Waals surface area contributed by atoms with Crippen LogP contribution >= 0.6 is 46.8 Å². The van der Waals surface area contributed by atoms with Crippen LogP contribution in [0, 0.1) is 0 Å². The molecule has 0 bridgehead atoms. The molecule has 0 atom stereocenters. The minimum absolute atomic E-state index is 0.0907. The monoisotopic (exact) mass is 319 g/mol. The predicted molar refractivity (Wildman–Crippen MR) is 79.4 cm³/mol. The van der Waals surface area contributed by atoms with Gasteiger partial charge in [-0.25, -0.2) is 0 Å². The van der Waals surface area contributed by atoms with Gasteiger partial charge in [0.2, 0.25) is 0 Å². The number of H-pyrrole nitrogens is 1. The van der Waals surface area contributed by atoms with Crippen molar-refractivity contribution in [1.29, 1.82) is 0 Å². The van der Waals surface area contributed by atoms with Gasteiger partial charge in [0.15, 0.2) is 5.11 Å². The van der Waals surface area contributed by atoms with Crippen LogP contribution in [0.3, 0.4) is 0 Å². The average molecular weight is 320 g/mol. The summed E-state index contributed by atoms with van der Waals surface area (Å²) in [5.41, 5.74) is 9.97. The standard InChI is InChI=1S/C9H7Cl2N5S2/c10-6-1-5(8(11)18-6)7-4(2-13-15-7)3-14-16-9(12)17/h1-3H,(H,13,15)(H3,12,16,17)/b14-3+. The molecule has 2 aromatic rings. The van der Waals surface area contributed by atoms with Crippen molar-refractivity contribution in [3.05, 3.63) is 26.5 Å². The molecule has 2 rings (SSSR count). The largest absolute Gasteiger partial charge is 0.375 e. The first-order chi connectivity index (χ1) is 8.58. The van der Waals surface area contributed by atoms with Crippen molar-refractivity contribution >= 4 is 58.1 Å². The lowest BCUT2D eigenvalue weighted by atomic mass is 10.2. The summed E-state index contributed by atoms with van der Waals surface area (Å²) in [7, 11) is 0. The molecule has 0 unspecified atom stereocenters. The van der Waals surface area contributed by atoms with Gasteiger partial charge in [-0.2, -0.15) is 10.2 Å². The fourth-order valence-electron chi connectivity index (χ4n) is 1.29. The van der Waals surface area contributed by atoms with E-state index in [1.54, 1.807) is 18.5 Å². The summed E-state index contributed by atoms with van der Waals surface area (Å²) in [6.45, 7) is 0. The van der Waals surface area contributed by atoms with E-state index in [1.807, 2.05) is 0 Å². The van der Waals surface area contributed by atoms with Crippen LogP contribution in [0.1, 0.15) is 5.56 Å². The van der Waals surface area contributed by atoms with Gasteiger partial charge in [0.25, 0.3) is 0 Å². The summed E-state index contributed by atoms with van der Waals surface area (Å²) >= 11 is 17.9. The Labute approximate surface area is 122 Å². The highest BCUT2D eigenvalue weighted by molar-refractivity contribution is 7.80. The minimum atomic E-state index is 0.0907. The molecule has 0 saturated heterocycles. The molecule has 94 valence electrons. The first-order valence-electron chi connectivity index (χ1n) is 4.65. The van der Waals surface area contributed by atoms with Crippen molar-refractivity contribution < 1.29 is 0 Å². The minimum Gasteiger partial charge on any atom is -0.375 e. The molecule has 0 aromatic carbocycles. The summed E-state index contributed by atoms with van der Waals surface area (Å²) in [6, 6.07) is 1.76. The highest BCUT2D eigenvalue weighted by Gasteiger charge is 2.13. The fourth-order valence-corrected chi connectivity index (χ4v) is 2.81. The van der Waals surface area contributed by atoms with E-state index in [4.69, 9.17) is 28.9 Å². The highest BCUT2D eigenvalue weighted by atomic mass is 35.5. The zero-order valence-electron chi connectivity index (χ0n) is 8.78. The second-order valence-electron chi connectivity index (χ2n) is 3.17. The number of nitrogens with two attached hydrogens (primary N) is 1. The molecule has 2 aromatic heterocycles. The summed E-state index contributed by atoms with van der Waals surface area (Å²) in [6.07, 6.45) is 3.15. The molecule has 5 nitrogen and oxygen atoms in total. The molecule has 18 heavy (non-hydrogen) atoms. The second kappa shape index (κ2) is 5.66. The number of nitrogens with one attached hydrogen (secondary N) is 2. The Kier molecular flexibility index (Phi) is 4.18. The lowest BCUT2D eigenvalue weighted by Crippen LogP contribution is -2.23. The summed E-state index contributed by atoms with van der Waals surface area (Å²) in [4.78, 5) is 0. The van der Waals surface area contributed by atoms with Crippen LogP contribution in [-0.2, 0) is 0 Å². The van der Waals surface area contributed by atoms with Gasteiger partial charge in [-0.1, -0.05) is 23.2 Å². The van der Waals surface area contributed by atoms with E-state index in [0.717, 1.165) is 16.8 Å². The first kappa shape index (κ1) is 13.3. The lowest BCUT2D eigenvalue weighted by molar-refractivity contribution is 1.04. The third-order valence-corrected chi connectivity index (χ3v) is 3.55. The Bertz CT molecular complexity index is 604. The van der Waals surface area contributed by atoms with Gasteiger partial charge in [0.1, 0.15) is 4.34 Å². The van der Waals surface area contributed by atoms with Crippen LogP contribution in [0.4, 0.5) is 0 Å². The maximum atomic E-state index is 6.08. The quantitative estimate of drug-likeness (QED) is 0.461. The van der Waals surface area contributed by atoms with Crippen LogP contribution < -0.4 is 11.2 Å². The SMILES string of the molecule is NC(=S)N/N=C/c1cn[nH]c1-c1cc(Cl)sc1Cl. The predicted octanol–water partition coefficient (Wildman–Crippen LogP) is 2.61. The van der Waals surface area contributed by atoms with Gasteiger partial charge < -0.3 is 5.73 Å². The first-order valence-corrected chi connectivity index (χ1v) is 6.63. The van der Waals surface area contributed by atoms with Gasteiger partial charge in [-0.3, -0.25) is 10.5 Å². The zero-order valence-corrected chi connectivity index (χ0v) is 11.9. The van der Waals surface area contributed by atoms with Crippen molar-refractivity contribution in [2.75, 3.05) is 0 Å². The molecule has 0 fully saturated rings. The Morgan fingerprint density at radius 1 is 1.61 bits per heavy atom. The molecule has 0 radical (unpaired) electrons. The maximum absolute atomic E-state index is 6.08. The molecular formula is C9H7Cl2N5S2. The fraction of sp³-hybridized carbons (Fsp3) is 0. The van der Waals surface area contributed by atoms with E-state index < -0.39 is 0 Å². The van der Waals surface area contributed by atoms with Crippen molar-refractivity contribution in [3.8, 4) is 11.3 Å². The Hall–Kier alpha value is -1.15. The Morgan fingerprint density at radius 3 is 3.00 bits per heavy atom. The smallest absolute Gasteiger partial charge is 0.184 e. The number of hydrogen-bond acceptors (Lipinski definition) is 4. The topological polar surface area (TPSA) is 79.1 Å². The van der Waals surface area contributed by atoms with E-state index in [0.29, 0.717) is 8.67 Å². The van der Waals surface area contributed by atoms with Crippen molar-refractivity contribution in [2.24, 2.45) is 10.8 Å². The van der Waals surface area contributed by atoms with Crippen molar-refractivity contribution in [1.82, 2.24) is 15.6 Å². The summed E-state index contributed by atoms with van der Waals surface area (Å²) in [5.74, 6) is 0. The van der Waals surface area contributed by atoms with Crippen LogP contribution in [0.15, 0.2) is 17.4 Å². The summed E-state index contributed by atoms with van der Waals surface area (Å²) < 4.78 is 1.19. The summed E-state index contributed by atoms with van der Waals surface area (Å²) in [5, 5.41) is 10.7. The number of aromatic amines is 1. The maximum Gasteiger partial charge on any atom is 0.184 e. The highest BCUT2D eigenvalue weighted by Crippen LogP contribution is 2.38. The van der Waals surface area contributed by atoms with Crippen molar-refractivity contribution in [2.45, 2.75) is 0 Å². The number of aromatic nitrogens is 2. The molecular weight excluding hydrogens is 313 g/mol. The van der Waals surface area contributed by atoms with Gasteiger partial charge in [0, 0.05) is 11.1 Å². The van der Waals surface area contributed by atoms with Gasteiger partial charge in [-0.15, -0.1) is 11.3 Å². The molecule has 0 spiro atoms. The van der Waals surface area contributed by atoms with E-state index in [-0.39, 0.29) is 5.11 Å².